The quantitative estimate of drug-likeness (QED) is 0.517. The van der Waals surface area contributed by atoms with Crippen molar-refractivity contribution in [2.24, 2.45) is 0 Å². The maximum absolute atomic E-state index is 11.6. The Balaban J connectivity index is 2.34. The van der Waals surface area contributed by atoms with Gasteiger partial charge in [-0.1, -0.05) is 0 Å². The van der Waals surface area contributed by atoms with Crippen LogP contribution in [0.5, 0.6) is 0 Å². The molecule has 0 radical (unpaired) electrons. The molecule has 0 heterocycles. The molecule has 0 bridgehead atoms. The molecule has 1 unspecified atom stereocenters. The van der Waals surface area contributed by atoms with Gasteiger partial charge >= 0.3 is 18.0 Å². The molecule has 0 spiro atoms. The molecule has 0 saturated heterocycles. The third-order valence-electron chi connectivity index (χ3n) is 3.06. The lowest BCUT2D eigenvalue weighted by atomic mass is 10.1. The van der Waals surface area contributed by atoms with Crippen molar-refractivity contribution >= 4 is 29.7 Å². The summed E-state index contributed by atoms with van der Waals surface area (Å²) in [4.78, 5) is 32.8. The molecule has 1 fully saturated rings. The summed E-state index contributed by atoms with van der Waals surface area (Å²) in [5.41, 5.74) is 0. The van der Waals surface area contributed by atoms with Crippen molar-refractivity contribution in [2.45, 2.75) is 36.5 Å². The summed E-state index contributed by atoms with van der Waals surface area (Å²) in [6.45, 7) is 0.491. The van der Waals surface area contributed by atoms with E-state index in [-0.39, 0.29) is 17.6 Å². The number of carboxylic acids is 2. The van der Waals surface area contributed by atoms with Gasteiger partial charge in [0.05, 0.1) is 0 Å². The summed E-state index contributed by atoms with van der Waals surface area (Å²) in [6, 6.07) is -1.75. The van der Waals surface area contributed by atoms with Crippen LogP contribution in [0, 0.1) is 0 Å². The highest BCUT2D eigenvalue weighted by atomic mass is 32.2. The number of aliphatic carboxylic acids is 2. The summed E-state index contributed by atoms with van der Waals surface area (Å²) in [7, 11) is 0. The predicted molar refractivity (Wildman–Crippen MR) is 70.3 cm³/mol. The van der Waals surface area contributed by atoms with Crippen molar-refractivity contribution in [2.75, 3.05) is 12.8 Å². The Morgan fingerprint density at radius 2 is 1.95 bits per heavy atom. The van der Waals surface area contributed by atoms with Crippen LogP contribution in [0.4, 0.5) is 4.79 Å². The number of hydrogen-bond acceptors (Lipinski definition) is 4. The van der Waals surface area contributed by atoms with Gasteiger partial charge in [-0.15, -0.1) is 0 Å². The smallest absolute Gasteiger partial charge is 0.326 e. The molecule has 0 aromatic carbocycles. The van der Waals surface area contributed by atoms with E-state index < -0.39 is 24.0 Å². The summed E-state index contributed by atoms with van der Waals surface area (Å²) in [5, 5.41) is 22.3. The number of rotatable bonds is 8. The molecule has 0 aromatic rings. The van der Waals surface area contributed by atoms with Crippen LogP contribution >= 0.6 is 11.8 Å². The molecule has 0 aliphatic heterocycles. The van der Waals surface area contributed by atoms with E-state index in [9.17, 15) is 14.4 Å². The van der Waals surface area contributed by atoms with Gasteiger partial charge in [0.1, 0.15) is 6.04 Å². The zero-order valence-electron chi connectivity index (χ0n) is 10.6. The van der Waals surface area contributed by atoms with Crippen molar-refractivity contribution in [1.29, 1.82) is 0 Å². The molecule has 1 aliphatic rings. The first-order valence-electron chi connectivity index (χ1n) is 5.93. The minimum absolute atomic E-state index is 0.0944. The van der Waals surface area contributed by atoms with Gasteiger partial charge in [-0.05, 0) is 25.5 Å². The second-order valence-corrected chi connectivity index (χ2v) is 5.81. The fourth-order valence-electron chi connectivity index (χ4n) is 1.57. The van der Waals surface area contributed by atoms with E-state index in [1.165, 1.54) is 0 Å². The van der Waals surface area contributed by atoms with E-state index in [0.717, 1.165) is 12.8 Å². The number of thioether (sulfide) groups is 1. The van der Waals surface area contributed by atoms with Gasteiger partial charge in [0.15, 0.2) is 0 Å². The van der Waals surface area contributed by atoms with Crippen LogP contribution in [0.2, 0.25) is 0 Å². The topological polar surface area (TPSA) is 116 Å². The average Bonchev–Trinajstić information content (AvgIpc) is 3.12. The highest BCUT2D eigenvalue weighted by molar-refractivity contribution is 8.00. The summed E-state index contributed by atoms with van der Waals surface area (Å²) in [6.07, 6.45) is 3.61. The van der Waals surface area contributed by atoms with Crippen molar-refractivity contribution < 1.29 is 24.6 Å². The van der Waals surface area contributed by atoms with E-state index in [2.05, 4.69) is 10.6 Å². The van der Waals surface area contributed by atoms with Crippen LogP contribution in [0.3, 0.4) is 0 Å². The number of nitrogens with one attached hydrogen (secondary N) is 2. The zero-order valence-corrected chi connectivity index (χ0v) is 11.5. The van der Waals surface area contributed by atoms with E-state index >= 15 is 0 Å². The molecule has 1 atom stereocenters. The fraction of sp³-hybridized carbons (Fsp3) is 0.727. The zero-order chi connectivity index (χ0) is 14.5. The second kappa shape index (κ2) is 6.65. The van der Waals surface area contributed by atoms with Crippen molar-refractivity contribution in [3.63, 3.8) is 0 Å². The number of amides is 2. The molecule has 2 amide bonds. The van der Waals surface area contributed by atoms with Gasteiger partial charge in [-0.25, -0.2) is 9.59 Å². The Hall–Kier alpha value is -1.44. The molecule has 0 aromatic heterocycles. The molecule has 8 heteroatoms. The Kier molecular flexibility index (Phi) is 5.46. The van der Waals surface area contributed by atoms with E-state index in [1.54, 1.807) is 11.8 Å². The van der Waals surface area contributed by atoms with E-state index in [4.69, 9.17) is 10.2 Å². The number of hydrogen-bond donors (Lipinski definition) is 4. The molecule has 1 saturated carbocycles. The third kappa shape index (κ3) is 5.37. The van der Waals surface area contributed by atoms with Crippen molar-refractivity contribution in [3.8, 4) is 0 Å². The second-order valence-electron chi connectivity index (χ2n) is 4.54. The van der Waals surface area contributed by atoms with Crippen LogP contribution in [-0.2, 0) is 9.59 Å². The molecule has 1 aliphatic carbocycles. The first-order valence-corrected chi connectivity index (χ1v) is 7.15. The average molecular weight is 290 g/mol. The predicted octanol–water partition coefficient (Wildman–Crippen LogP) is 0.499. The van der Waals surface area contributed by atoms with Gasteiger partial charge in [0, 0.05) is 17.7 Å². The van der Waals surface area contributed by atoms with Gasteiger partial charge < -0.3 is 20.8 Å². The number of carbonyl (C=O) groups is 3. The fourth-order valence-corrected chi connectivity index (χ4v) is 2.30. The number of urea groups is 1. The van der Waals surface area contributed by atoms with Crippen LogP contribution < -0.4 is 10.6 Å². The molecular weight excluding hydrogens is 272 g/mol. The van der Waals surface area contributed by atoms with Gasteiger partial charge in [-0.2, -0.15) is 11.8 Å². The maximum Gasteiger partial charge on any atom is 0.326 e. The van der Waals surface area contributed by atoms with Gasteiger partial charge in [0.2, 0.25) is 0 Å². The number of carbonyl (C=O) groups excluding carboxylic acids is 1. The van der Waals surface area contributed by atoms with Crippen LogP contribution in [0.25, 0.3) is 0 Å². The van der Waals surface area contributed by atoms with E-state index in [0.29, 0.717) is 6.54 Å². The van der Waals surface area contributed by atoms with Crippen LogP contribution in [-0.4, -0.2) is 51.8 Å². The Labute approximate surface area is 115 Å². The first kappa shape index (κ1) is 15.6. The highest BCUT2D eigenvalue weighted by Gasteiger charge is 2.42. The monoisotopic (exact) mass is 290 g/mol. The third-order valence-corrected chi connectivity index (χ3v) is 4.48. The Morgan fingerprint density at radius 1 is 1.32 bits per heavy atom. The minimum atomic E-state index is -1.23. The largest absolute Gasteiger partial charge is 0.481 e. The molecule has 108 valence electrons. The number of carboxylic acid groups (broad SMARTS) is 2. The normalized spacial score (nSPS) is 17.3. The van der Waals surface area contributed by atoms with Crippen LogP contribution in [0.1, 0.15) is 25.7 Å². The lowest BCUT2D eigenvalue weighted by Crippen LogP contribution is -2.47. The van der Waals surface area contributed by atoms with Crippen molar-refractivity contribution in [1.82, 2.24) is 10.6 Å². The maximum atomic E-state index is 11.6. The molecule has 4 N–H and O–H groups in total. The standard InChI is InChI=1S/C11H18N2O5S/c1-19-11(4-5-11)6-12-10(18)13-7(9(16)17)2-3-8(14)15/h7H,2-6H2,1H3,(H,14,15)(H,16,17)(H2,12,13,18). The highest BCUT2D eigenvalue weighted by Crippen LogP contribution is 2.46. The molecule has 1 rings (SSSR count). The van der Waals surface area contributed by atoms with Gasteiger partial charge in [0.25, 0.3) is 0 Å². The van der Waals surface area contributed by atoms with Crippen molar-refractivity contribution in [3.05, 3.63) is 0 Å². The SMILES string of the molecule is CSC1(CNC(=O)NC(CCC(=O)O)C(=O)O)CC1. The Bertz CT molecular complexity index is 370. The lowest BCUT2D eigenvalue weighted by Gasteiger charge is -2.17. The summed E-state index contributed by atoms with van der Waals surface area (Å²) >= 11 is 1.68. The lowest BCUT2D eigenvalue weighted by molar-refractivity contribution is -0.140. The Morgan fingerprint density at radius 3 is 2.37 bits per heavy atom. The minimum Gasteiger partial charge on any atom is -0.481 e. The molecule has 19 heavy (non-hydrogen) atoms. The van der Waals surface area contributed by atoms with E-state index in [1.807, 2.05) is 6.26 Å². The summed E-state index contributed by atoms with van der Waals surface area (Å²) < 4.78 is 0.0944. The van der Waals surface area contributed by atoms with Crippen LogP contribution in [0.15, 0.2) is 0 Å². The molecular formula is C11H18N2O5S. The van der Waals surface area contributed by atoms with Gasteiger partial charge in [-0.3, -0.25) is 4.79 Å². The summed E-state index contributed by atoms with van der Waals surface area (Å²) in [5.74, 6) is -2.32. The first-order chi connectivity index (χ1) is 8.88. The molecule has 7 nitrogen and oxygen atoms in total.